The Hall–Kier alpha value is -3.74. The van der Waals surface area contributed by atoms with Crippen LogP contribution in [-0.4, -0.2) is 26.5 Å². The number of ether oxygens (including phenoxy) is 1. The molecule has 0 radical (unpaired) electrons. The third kappa shape index (κ3) is 5.78. The highest BCUT2D eigenvalue weighted by atomic mass is 19.1. The zero-order valence-electron chi connectivity index (χ0n) is 19.3. The molecule has 5 nitrogen and oxygen atoms in total. The van der Waals surface area contributed by atoms with Crippen molar-refractivity contribution in [3.8, 4) is 11.1 Å². The van der Waals surface area contributed by atoms with Gasteiger partial charge in [0.15, 0.2) is 0 Å². The molecular formula is C27H25F2N3O2. The summed E-state index contributed by atoms with van der Waals surface area (Å²) < 4.78 is 33.3. The van der Waals surface area contributed by atoms with E-state index in [4.69, 9.17) is 4.74 Å². The third-order valence-corrected chi connectivity index (χ3v) is 5.32. The van der Waals surface area contributed by atoms with Gasteiger partial charge in [-0.3, -0.25) is 9.78 Å². The van der Waals surface area contributed by atoms with E-state index in [0.717, 1.165) is 28.0 Å². The van der Waals surface area contributed by atoms with Crippen LogP contribution in [0.3, 0.4) is 0 Å². The molecule has 0 saturated heterocycles. The summed E-state index contributed by atoms with van der Waals surface area (Å²) in [4.78, 5) is 25.6. The number of halogens is 2. The molecule has 7 heteroatoms. The normalized spacial score (nSPS) is 12.5. The minimum Gasteiger partial charge on any atom is -0.460 e. The Kier molecular flexibility index (Phi) is 6.63. The Labute approximate surface area is 196 Å². The zero-order valence-corrected chi connectivity index (χ0v) is 19.3. The SMILES string of the molecule is CC(C)(C)OC(=O)C[C@@H](Cc1cc(F)cc(F)c1)c1ncncc1-c1ccc2cnccc2c1. The van der Waals surface area contributed by atoms with Crippen LogP contribution in [0.15, 0.2) is 67.4 Å². The van der Waals surface area contributed by atoms with E-state index >= 15 is 0 Å². The number of fused-ring (bicyclic) bond motifs is 1. The van der Waals surface area contributed by atoms with Gasteiger partial charge in [-0.2, -0.15) is 0 Å². The summed E-state index contributed by atoms with van der Waals surface area (Å²) in [7, 11) is 0. The van der Waals surface area contributed by atoms with Gasteiger partial charge in [0.25, 0.3) is 0 Å². The lowest BCUT2D eigenvalue weighted by molar-refractivity contribution is -0.155. The van der Waals surface area contributed by atoms with Crippen LogP contribution in [0.1, 0.15) is 44.4 Å². The summed E-state index contributed by atoms with van der Waals surface area (Å²) in [6.07, 6.45) is 6.81. The topological polar surface area (TPSA) is 65.0 Å². The van der Waals surface area contributed by atoms with E-state index in [0.29, 0.717) is 11.3 Å². The van der Waals surface area contributed by atoms with Crippen molar-refractivity contribution in [3.05, 3.63) is 90.3 Å². The highest BCUT2D eigenvalue weighted by Gasteiger charge is 2.26. The lowest BCUT2D eigenvalue weighted by Gasteiger charge is -2.23. The van der Waals surface area contributed by atoms with E-state index in [1.807, 2.05) is 24.3 Å². The van der Waals surface area contributed by atoms with Gasteiger partial charge < -0.3 is 4.74 Å². The second kappa shape index (κ2) is 9.63. The largest absolute Gasteiger partial charge is 0.460 e. The van der Waals surface area contributed by atoms with Crippen molar-refractivity contribution in [3.63, 3.8) is 0 Å². The lowest BCUT2D eigenvalue weighted by Crippen LogP contribution is -2.25. The van der Waals surface area contributed by atoms with Gasteiger partial charge in [-0.05, 0) is 68.0 Å². The van der Waals surface area contributed by atoms with Gasteiger partial charge in [0.05, 0.1) is 12.1 Å². The first kappa shape index (κ1) is 23.4. The van der Waals surface area contributed by atoms with E-state index < -0.39 is 29.1 Å². The van der Waals surface area contributed by atoms with Gasteiger partial charge in [-0.1, -0.05) is 12.1 Å². The van der Waals surface area contributed by atoms with Crippen molar-refractivity contribution in [2.45, 2.75) is 45.1 Å². The predicted octanol–water partition coefficient (Wildman–Crippen LogP) is 6.03. The number of carbonyl (C=O) groups excluding carboxylic acids is 1. The second-order valence-electron chi connectivity index (χ2n) is 9.23. The summed E-state index contributed by atoms with van der Waals surface area (Å²) in [5.41, 5.74) is 1.99. The first-order valence-electron chi connectivity index (χ1n) is 11.0. The zero-order chi connectivity index (χ0) is 24.3. The fourth-order valence-corrected chi connectivity index (χ4v) is 4.00. The molecule has 2 aromatic carbocycles. The smallest absolute Gasteiger partial charge is 0.306 e. The minimum absolute atomic E-state index is 0.00306. The number of rotatable bonds is 6. The monoisotopic (exact) mass is 461 g/mol. The van der Waals surface area contributed by atoms with Gasteiger partial charge in [-0.25, -0.2) is 18.7 Å². The van der Waals surface area contributed by atoms with Crippen LogP contribution in [0.4, 0.5) is 8.78 Å². The van der Waals surface area contributed by atoms with E-state index in [1.165, 1.54) is 18.5 Å². The van der Waals surface area contributed by atoms with Gasteiger partial charge in [-0.15, -0.1) is 0 Å². The highest BCUT2D eigenvalue weighted by molar-refractivity contribution is 5.87. The molecule has 0 spiro atoms. The van der Waals surface area contributed by atoms with E-state index in [2.05, 4.69) is 15.0 Å². The number of hydrogen-bond donors (Lipinski definition) is 0. The summed E-state index contributed by atoms with van der Waals surface area (Å²) >= 11 is 0. The molecule has 0 amide bonds. The van der Waals surface area contributed by atoms with Crippen molar-refractivity contribution in [1.82, 2.24) is 15.0 Å². The molecule has 0 bridgehead atoms. The summed E-state index contributed by atoms with van der Waals surface area (Å²) in [5.74, 6) is -2.24. The fraction of sp³-hybridized carbons (Fsp3) is 0.259. The molecule has 0 unspecified atom stereocenters. The maximum absolute atomic E-state index is 13.9. The lowest BCUT2D eigenvalue weighted by atomic mass is 9.88. The van der Waals surface area contributed by atoms with Crippen molar-refractivity contribution in [2.75, 3.05) is 0 Å². The Bertz CT molecular complexity index is 1310. The summed E-state index contributed by atoms with van der Waals surface area (Å²) in [5, 5.41) is 1.99. The van der Waals surface area contributed by atoms with Crippen LogP contribution in [-0.2, 0) is 16.0 Å². The molecule has 2 aromatic heterocycles. The Balaban J connectivity index is 1.76. The molecule has 0 aliphatic rings. The molecule has 0 saturated carbocycles. The summed E-state index contributed by atoms with van der Waals surface area (Å²) in [6, 6.07) is 11.2. The maximum atomic E-state index is 13.9. The number of benzene rings is 2. The molecule has 34 heavy (non-hydrogen) atoms. The number of nitrogens with zero attached hydrogens (tertiary/aromatic N) is 3. The van der Waals surface area contributed by atoms with E-state index in [9.17, 15) is 13.6 Å². The van der Waals surface area contributed by atoms with Gasteiger partial charge in [0, 0.05) is 41.5 Å². The molecule has 4 aromatic rings. The van der Waals surface area contributed by atoms with Gasteiger partial charge >= 0.3 is 5.97 Å². The van der Waals surface area contributed by atoms with Crippen LogP contribution >= 0.6 is 0 Å². The standard InChI is InChI=1S/C27H25F2N3O2/c1-27(2,3)34-25(33)12-21(8-17-9-22(28)13-23(29)10-17)26-24(15-31-16-32-26)19-4-5-20-14-30-7-6-18(20)11-19/h4-7,9-11,13-16,21H,8,12H2,1-3H3/t21-/m1/s1. The average molecular weight is 462 g/mol. The maximum Gasteiger partial charge on any atom is 0.306 e. The molecule has 1 atom stereocenters. The first-order chi connectivity index (χ1) is 16.2. The molecule has 0 aliphatic carbocycles. The van der Waals surface area contributed by atoms with Crippen LogP contribution in [0, 0.1) is 11.6 Å². The van der Waals surface area contributed by atoms with Crippen molar-refractivity contribution in [1.29, 1.82) is 0 Å². The molecule has 0 fully saturated rings. The quantitative estimate of drug-likeness (QED) is 0.328. The molecule has 2 heterocycles. The third-order valence-electron chi connectivity index (χ3n) is 5.32. The average Bonchev–Trinajstić information content (AvgIpc) is 2.76. The number of hydrogen-bond acceptors (Lipinski definition) is 5. The molecule has 0 N–H and O–H groups in total. The Morgan fingerprint density at radius 1 is 0.971 bits per heavy atom. The van der Waals surface area contributed by atoms with Gasteiger partial charge in [0.2, 0.25) is 0 Å². The summed E-state index contributed by atoms with van der Waals surface area (Å²) in [6.45, 7) is 5.38. The fourth-order valence-electron chi connectivity index (χ4n) is 4.00. The van der Waals surface area contributed by atoms with Crippen LogP contribution in [0.5, 0.6) is 0 Å². The Morgan fingerprint density at radius 2 is 1.74 bits per heavy atom. The number of esters is 1. The van der Waals surface area contributed by atoms with E-state index in [-0.39, 0.29) is 12.8 Å². The van der Waals surface area contributed by atoms with E-state index in [1.54, 1.807) is 39.4 Å². The number of carbonyl (C=O) groups is 1. The minimum atomic E-state index is -0.669. The number of pyridine rings is 1. The van der Waals surface area contributed by atoms with Crippen LogP contribution in [0.2, 0.25) is 0 Å². The predicted molar refractivity (Wildman–Crippen MR) is 126 cm³/mol. The first-order valence-corrected chi connectivity index (χ1v) is 11.0. The van der Waals surface area contributed by atoms with Crippen molar-refractivity contribution >= 4 is 16.7 Å². The molecular weight excluding hydrogens is 436 g/mol. The number of aromatic nitrogens is 3. The van der Waals surface area contributed by atoms with Crippen molar-refractivity contribution in [2.24, 2.45) is 0 Å². The van der Waals surface area contributed by atoms with Crippen LogP contribution in [0.25, 0.3) is 21.9 Å². The van der Waals surface area contributed by atoms with Gasteiger partial charge in [0.1, 0.15) is 23.6 Å². The van der Waals surface area contributed by atoms with Crippen molar-refractivity contribution < 1.29 is 18.3 Å². The molecule has 174 valence electrons. The van der Waals surface area contributed by atoms with Crippen LogP contribution < -0.4 is 0 Å². The Morgan fingerprint density at radius 3 is 2.47 bits per heavy atom. The molecule has 0 aliphatic heterocycles. The highest BCUT2D eigenvalue weighted by Crippen LogP contribution is 2.33. The molecule has 4 rings (SSSR count). The second-order valence-corrected chi connectivity index (χ2v) is 9.23.